The number of amides is 1. The average Bonchev–Trinajstić information content (AvgIpc) is 2.52. The van der Waals surface area contributed by atoms with Gasteiger partial charge in [-0.2, -0.15) is 0 Å². The summed E-state index contributed by atoms with van der Waals surface area (Å²) in [7, 11) is 0. The zero-order valence-electron chi connectivity index (χ0n) is 13.9. The number of rotatable bonds is 5. The Morgan fingerprint density at radius 1 is 1.04 bits per heavy atom. The minimum atomic E-state index is -0.658. The Morgan fingerprint density at radius 2 is 1.70 bits per heavy atom. The molecule has 0 fully saturated rings. The van der Waals surface area contributed by atoms with Crippen molar-refractivity contribution in [3.8, 4) is 5.75 Å². The Morgan fingerprint density at radius 3 is 2.30 bits per heavy atom. The first-order valence-electron chi connectivity index (χ1n) is 7.66. The summed E-state index contributed by atoms with van der Waals surface area (Å²) in [6, 6.07) is 11.6. The Kier molecular flexibility index (Phi) is 5.37. The van der Waals surface area contributed by atoms with Crippen LogP contribution in [0.25, 0.3) is 0 Å². The number of aryl methyl sites for hydroxylation is 2. The SMILES string of the molecule is Cc1ccc([C@@H](C)NC(=O)[C@@H](C)Oc2ccc(F)cc2)cc1C. The van der Waals surface area contributed by atoms with Crippen molar-refractivity contribution in [2.45, 2.75) is 39.8 Å². The van der Waals surface area contributed by atoms with Crippen molar-refractivity contribution < 1.29 is 13.9 Å². The van der Waals surface area contributed by atoms with Gasteiger partial charge in [0.2, 0.25) is 0 Å². The first kappa shape index (κ1) is 17.0. The topological polar surface area (TPSA) is 38.3 Å². The van der Waals surface area contributed by atoms with Crippen molar-refractivity contribution in [2.24, 2.45) is 0 Å². The van der Waals surface area contributed by atoms with Crippen LogP contribution in [-0.2, 0) is 4.79 Å². The highest BCUT2D eigenvalue weighted by Crippen LogP contribution is 2.18. The molecular weight excluding hydrogens is 293 g/mol. The molecule has 4 heteroatoms. The van der Waals surface area contributed by atoms with Gasteiger partial charge in [-0.1, -0.05) is 18.2 Å². The van der Waals surface area contributed by atoms with Gasteiger partial charge in [-0.15, -0.1) is 0 Å². The van der Waals surface area contributed by atoms with E-state index in [2.05, 4.69) is 18.3 Å². The Balaban J connectivity index is 1.96. The van der Waals surface area contributed by atoms with Gasteiger partial charge in [0.05, 0.1) is 6.04 Å². The van der Waals surface area contributed by atoms with Gasteiger partial charge in [0.15, 0.2) is 6.10 Å². The molecule has 0 aliphatic heterocycles. The minimum Gasteiger partial charge on any atom is -0.481 e. The van der Waals surface area contributed by atoms with Crippen molar-refractivity contribution in [3.63, 3.8) is 0 Å². The highest BCUT2D eigenvalue weighted by atomic mass is 19.1. The molecule has 0 aromatic heterocycles. The third-order valence-electron chi connectivity index (χ3n) is 3.89. The van der Waals surface area contributed by atoms with Crippen LogP contribution in [0.2, 0.25) is 0 Å². The fraction of sp³-hybridized carbons (Fsp3) is 0.316. The average molecular weight is 315 g/mol. The molecule has 0 heterocycles. The van der Waals surface area contributed by atoms with E-state index >= 15 is 0 Å². The highest BCUT2D eigenvalue weighted by molar-refractivity contribution is 5.81. The monoisotopic (exact) mass is 315 g/mol. The van der Waals surface area contributed by atoms with Crippen LogP contribution in [0.1, 0.15) is 36.6 Å². The number of hydrogen-bond acceptors (Lipinski definition) is 2. The van der Waals surface area contributed by atoms with Gasteiger partial charge in [-0.05, 0) is 68.7 Å². The Hall–Kier alpha value is -2.36. The normalized spacial score (nSPS) is 13.3. The fourth-order valence-corrected chi connectivity index (χ4v) is 2.22. The second kappa shape index (κ2) is 7.27. The van der Waals surface area contributed by atoms with E-state index in [1.165, 1.54) is 35.4 Å². The summed E-state index contributed by atoms with van der Waals surface area (Å²) in [5, 5.41) is 2.94. The molecule has 0 unspecified atom stereocenters. The molecule has 0 spiro atoms. The zero-order chi connectivity index (χ0) is 17.0. The van der Waals surface area contributed by atoms with Crippen LogP contribution >= 0.6 is 0 Å². The van der Waals surface area contributed by atoms with Gasteiger partial charge in [-0.3, -0.25) is 4.79 Å². The summed E-state index contributed by atoms with van der Waals surface area (Å²) < 4.78 is 18.4. The first-order valence-corrected chi connectivity index (χ1v) is 7.66. The van der Waals surface area contributed by atoms with E-state index in [-0.39, 0.29) is 17.8 Å². The lowest BCUT2D eigenvalue weighted by molar-refractivity contribution is -0.127. The molecule has 2 aromatic carbocycles. The zero-order valence-corrected chi connectivity index (χ0v) is 13.9. The van der Waals surface area contributed by atoms with Gasteiger partial charge in [0.25, 0.3) is 5.91 Å². The van der Waals surface area contributed by atoms with Crippen molar-refractivity contribution in [1.29, 1.82) is 0 Å². The van der Waals surface area contributed by atoms with Crippen LogP contribution in [0.3, 0.4) is 0 Å². The van der Waals surface area contributed by atoms with E-state index in [1.807, 2.05) is 26.0 Å². The number of hydrogen-bond donors (Lipinski definition) is 1. The first-order chi connectivity index (χ1) is 10.9. The second-order valence-electron chi connectivity index (χ2n) is 5.79. The van der Waals surface area contributed by atoms with Gasteiger partial charge in [-0.25, -0.2) is 4.39 Å². The van der Waals surface area contributed by atoms with E-state index in [0.717, 1.165) is 5.56 Å². The second-order valence-corrected chi connectivity index (χ2v) is 5.79. The lowest BCUT2D eigenvalue weighted by atomic mass is 10.0. The number of carbonyl (C=O) groups excluding carboxylic acids is 1. The largest absolute Gasteiger partial charge is 0.481 e. The van der Waals surface area contributed by atoms with Crippen LogP contribution in [0.4, 0.5) is 4.39 Å². The summed E-state index contributed by atoms with van der Waals surface area (Å²) in [4.78, 5) is 12.2. The molecule has 0 saturated heterocycles. The molecule has 0 saturated carbocycles. The maximum absolute atomic E-state index is 12.9. The molecule has 0 aliphatic carbocycles. The van der Waals surface area contributed by atoms with Crippen LogP contribution in [0.5, 0.6) is 5.75 Å². The van der Waals surface area contributed by atoms with Gasteiger partial charge in [0.1, 0.15) is 11.6 Å². The predicted octanol–water partition coefficient (Wildman–Crippen LogP) is 4.09. The quantitative estimate of drug-likeness (QED) is 0.902. The van der Waals surface area contributed by atoms with Crippen molar-refractivity contribution in [1.82, 2.24) is 5.32 Å². The van der Waals surface area contributed by atoms with Crippen LogP contribution in [0, 0.1) is 19.7 Å². The van der Waals surface area contributed by atoms with Crippen molar-refractivity contribution in [2.75, 3.05) is 0 Å². The van der Waals surface area contributed by atoms with E-state index in [0.29, 0.717) is 5.75 Å². The molecule has 0 bridgehead atoms. The van der Waals surface area contributed by atoms with E-state index in [1.54, 1.807) is 6.92 Å². The van der Waals surface area contributed by atoms with Crippen LogP contribution < -0.4 is 10.1 Å². The number of halogens is 1. The molecule has 1 amide bonds. The third-order valence-corrected chi connectivity index (χ3v) is 3.89. The standard InChI is InChI=1S/C19H22FNO2/c1-12-5-6-16(11-13(12)2)14(3)21-19(22)15(4)23-18-9-7-17(20)8-10-18/h5-11,14-15H,1-4H3,(H,21,22)/t14-,15-/m1/s1. The summed E-state index contributed by atoms with van der Waals surface area (Å²) in [6.07, 6.45) is -0.658. The molecule has 0 radical (unpaired) electrons. The highest BCUT2D eigenvalue weighted by Gasteiger charge is 2.18. The number of benzene rings is 2. The molecule has 122 valence electrons. The number of nitrogens with one attached hydrogen (secondary N) is 1. The summed E-state index contributed by atoms with van der Waals surface area (Å²) >= 11 is 0. The summed E-state index contributed by atoms with van der Waals surface area (Å²) in [6.45, 7) is 7.72. The molecule has 23 heavy (non-hydrogen) atoms. The van der Waals surface area contributed by atoms with Gasteiger partial charge >= 0.3 is 0 Å². The molecule has 2 aromatic rings. The van der Waals surface area contributed by atoms with Crippen LogP contribution in [0.15, 0.2) is 42.5 Å². The van der Waals surface area contributed by atoms with Gasteiger partial charge < -0.3 is 10.1 Å². The summed E-state index contributed by atoms with van der Waals surface area (Å²) in [5.41, 5.74) is 3.47. The third kappa shape index (κ3) is 4.55. The number of carbonyl (C=O) groups is 1. The van der Waals surface area contributed by atoms with E-state index in [4.69, 9.17) is 4.74 Å². The van der Waals surface area contributed by atoms with Crippen molar-refractivity contribution in [3.05, 3.63) is 65.0 Å². The predicted molar refractivity (Wildman–Crippen MR) is 89.0 cm³/mol. The minimum absolute atomic E-state index is 0.110. The van der Waals surface area contributed by atoms with Crippen molar-refractivity contribution >= 4 is 5.91 Å². The maximum atomic E-state index is 12.9. The van der Waals surface area contributed by atoms with E-state index in [9.17, 15) is 9.18 Å². The molecule has 2 atom stereocenters. The summed E-state index contributed by atoms with van der Waals surface area (Å²) in [5.74, 6) is -0.0780. The lowest BCUT2D eigenvalue weighted by Gasteiger charge is -2.19. The molecule has 3 nitrogen and oxygen atoms in total. The molecular formula is C19H22FNO2. The fourth-order valence-electron chi connectivity index (χ4n) is 2.22. The van der Waals surface area contributed by atoms with E-state index < -0.39 is 6.10 Å². The maximum Gasteiger partial charge on any atom is 0.261 e. The Bertz CT molecular complexity index is 682. The molecule has 1 N–H and O–H groups in total. The molecule has 2 rings (SSSR count). The van der Waals surface area contributed by atoms with Gasteiger partial charge in [0, 0.05) is 0 Å². The smallest absolute Gasteiger partial charge is 0.261 e. The molecule has 0 aliphatic rings. The lowest BCUT2D eigenvalue weighted by Crippen LogP contribution is -2.37. The Labute approximate surface area is 136 Å². The van der Waals surface area contributed by atoms with Crippen LogP contribution in [-0.4, -0.2) is 12.0 Å². The number of ether oxygens (including phenoxy) is 1.